The lowest BCUT2D eigenvalue weighted by Gasteiger charge is -2.24. The second kappa shape index (κ2) is 11.1. The van der Waals surface area contributed by atoms with E-state index < -0.39 is 0 Å². The molecule has 0 saturated carbocycles. The third kappa shape index (κ3) is 7.61. The molecule has 138 valence electrons. The Labute approximate surface area is 170 Å². The first-order valence-electron chi connectivity index (χ1n) is 8.53. The summed E-state index contributed by atoms with van der Waals surface area (Å²) in [4.78, 5) is 14.0. The summed E-state index contributed by atoms with van der Waals surface area (Å²) in [6, 6.07) is 19.3. The predicted molar refractivity (Wildman–Crippen MR) is 113 cm³/mol. The van der Waals surface area contributed by atoms with Gasteiger partial charge in [0.1, 0.15) is 0 Å². The van der Waals surface area contributed by atoms with Gasteiger partial charge < -0.3 is 4.90 Å². The first-order chi connectivity index (χ1) is 13.1. The molecule has 0 bridgehead atoms. The first kappa shape index (κ1) is 20.6. The Balaban J connectivity index is 1.92. The summed E-state index contributed by atoms with van der Waals surface area (Å²) < 4.78 is 0. The van der Waals surface area contributed by atoms with Crippen molar-refractivity contribution in [1.29, 1.82) is 5.26 Å². The molecule has 2 aromatic carbocycles. The zero-order valence-electron chi connectivity index (χ0n) is 14.8. The molecule has 2 rings (SSSR count). The summed E-state index contributed by atoms with van der Waals surface area (Å²) in [5.41, 5.74) is 2.04. The molecule has 0 aliphatic rings. The molecule has 0 heterocycles. The number of nitrogens with zero attached hydrogens (tertiary/aromatic N) is 2. The number of carbonyl (C=O) groups excluding carboxylic acids is 1. The lowest BCUT2D eigenvalue weighted by Crippen LogP contribution is -2.43. The quantitative estimate of drug-likeness (QED) is 0.561. The van der Waals surface area contributed by atoms with Crippen LogP contribution in [0.3, 0.4) is 0 Å². The van der Waals surface area contributed by atoms with Crippen LogP contribution < -0.4 is 5.32 Å². The van der Waals surface area contributed by atoms with Crippen molar-refractivity contribution in [2.75, 3.05) is 13.1 Å². The molecule has 0 radical (unpaired) electrons. The number of nitriles is 1. The van der Waals surface area contributed by atoms with Crippen LogP contribution in [0, 0.1) is 11.3 Å². The number of hydrogen-bond donors (Lipinski definition) is 1. The number of hydrogen-bond acceptors (Lipinski definition) is 3. The van der Waals surface area contributed by atoms with E-state index in [1.807, 2.05) is 47.4 Å². The molecule has 6 heteroatoms. The molecule has 0 aliphatic carbocycles. The summed E-state index contributed by atoms with van der Waals surface area (Å²) in [6.07, 6.45) is 4.24. The molecule has 2 aromatic rings. The van der Waals surface area contributed by atoms with Gasteiger partial charge in [-0.05, 0) is 48.0 Å². The van der Waals surface area contributed by atoms with Gasteiger partial charge in [0.05, 0.1) is 12.5 Å². The Morgan fingerprint density at radius 1 is 1.15 bits per heavy atom. The smallest absolute Gasteiger partial charge is 0.250 e. The molecular weight excluding hydrogens is 378 g/mol. The molecule has 0 fully saturated rings. The highest BCUT2D eigenvalue weighted by molar-refractivity contribution is 7.80. The largest absolute Gasteiger partial charge is 0.348 e. The molecule has 0 saturated heterocycles. The topological polar surface area (TPSA) is 56.1 Å². The van der Waals surface area contributed by atoms with Gasteiger partial charge in [-0.15, -0.1) is 0 Å². The first-order valence-corrected chi connectivity index (χ1v) is 9.31. The molecular formula is C21H20ClN3OS. The van der Waals surface area contributed by atoms with E-state index in [4.69, 9.17) is 29.1 Å². The van der Waals surface area contributed by atoms with E-state index in [9.17, 15) is 4.79 Å². The summed E-state index contributed by atoms with van der Waals surface area (Å²) >= 11 is 11.2. The maximum atomic E-state index is 12.1. The zero-order chi connectivity index (χ0) is 19.5. The fourth-order valence-corrected chi connectivity index (χ4v) is 2.79. The fourth-order valence-electron chi connectivity index (χ4n) is 2.38. The molecule has 1 N–H and O–H groups in total. The van der Waals surface area contributed by atoms with E-state index in [2.05, 4.69) is 11.4 Å². The number of rotatable bonds is 7. The summed E-state index contributed by atoms with van der Waals surface area (Å²) in [7, 11) is 0. The van der Waals surface area contributed by atoms with E-state index in [1.165, 1.54) is 11.6 Å². The molecule has 0 aliphatic heterocycles. The Kier molecular flexibility index (Phi) is 8.50. The fraction of sp³-hybridized carbons (Fsp3) is 0.190. The lowest BCUT2D eigenvalue weighted by atomic mass is 10.1. The van der Waals surface area contributed by atoms with Gasteiger partial charge in [0.2, 0.25) is 5.91 Å². The van der Waals surface area contributed by atoms with Crippen molar-refractivity contribution in [3.8, 4) is 6.07 Å². The minimum atomic E-state index is -0.309. The highest BCUT2D eigenvalue weighted by Crippen LogP contribution is 2.10. The predicted octanol–water partition coefficient (Wildman–Crippen LogP) is 4.21. The van der Waals surface area contributed by atoms with Gasteiger partial charge in [-0.1, -0.05) is 54.1 Å². The summed E-state index contributed by atoms with van der Waals surface area (Å²) in [5.74, 6) is -0.309. The van der Waals surface area contributed by atoms with Gasteiger partial charge in [-0.25, -0.2) is 0 Å². The Morgan fingerprint density at radius 3 is 2.52 bits per heavy atom. The van der Waals surface area contributed by atoms with E-state index >= 15 is 0 Å². The van der Waals surface area contributed by atoms with Crippen molar-refractivity contribution in [1.82, 2.24) is 10.2 Å². The Bertz CT molecular complexity index is 829. The van der Waals surface area contributed by atoms with Gasteiger partial charge in [-0.3, -0.25) is 10.1 Å². The minimum Gasteiger partial charge on any atom is -0.348 e. The van der Waals surface area contributed by atoms with Crippen LogP contribution in [-0.4, -0.2) is 29.0 Å². The van der Waals surface area contributed by atoms with E-state index in [0.717, 1.165) is 12.0 Å². The van der Waals surface area contributed by atoms with Crippen LogP contribution in [0.5, 0.6) is 0 Å². The third-order valence-corrected chi connectivity index (χ3v) is 4.43. The van der Waals surface area contributed by atoms with Gasteiger partial charge in [0.15, 0.2) is 5.11 Å². The maximum absolute atomic E-state index is 12.1. The Hall–Kier alpha value is -2.68. The number of benzene rings is 2. The van der Waals surface area contributed by atoms with E-state index in [1.54, 1.807) is 18.2 Å². The van der Waals surface area contributed by atoms with Gasteiger partial charge in [0, 0.05) is 24.2 Å². The van der Waals surface area contributed by atoms with E-state index in [-0.39, 0.29) is 5.91 Å². The van der Waals surface area contributed by atoms with E-state index in [0.29, 0.717) is 29.6 Å². The van der Waals surface area contributed by atoms with Crippen molar-refractivity contribution in [3.05, 3.63) is 76.8 Å². The molecule has 1 amide bonds. The number of halogens is 1. The van der Waals surface area contributed by atoms with Crippen molar-refractivity contribution >= 4 is 40.9 Å². The highest BCUT2D eigenvalue weighted by Gasteiger charge is 2.11. The average Bonchev–Trinajstić information content (AvgIpc) is 2.68. The van der Waals surface area contributed by atoms with Crippen LogP contribution in [0.4, 0.5) is 0 Å². The van der Waals surface area contributed by atoms with Crippen LogP contribution in [0.25, 0.3) is 6.08 Å². The van der Waals surface area contributed by atoms with Crippen LogP contribution >= 0.6 is 23.8 Å². The summed E-state index contributed by atoms with van der Waals surface area (Å²) in [6.45, 7) is 1.11. The Morgan fingerprint density at radius 2 is 1.85 bits per heavy atom. The number of nitrogens with one attached hydrogen (secondary N) is 1. The van der Waals surface area contributed by atoms with Crippen LogP contribution in [0.15, 0.2) is 60.7 Å². The van der Waals surface area contributed by atoms with Crippen molar-refractivity contribution in [2.45, 2.75) is 12.8 Å². The van der Waals surface area contributed by atoms with Gasteiger partial charge in [-0.2, -0.15) is 5.26 Å². The minimum absolute atomic E-state index is 0.309. The van der Waals surface area contributed by atoms with Crippen molar-refractivity contribution < 1.29 is 4.79 Å². The highest BCUT2D eigenvalue weighted by atomic mass is 35.5. The van der Waals surface area contributed by atoms with Crippen LogP contribution in [-0.2, 0) is 11.2 Å². The zero-order valence-corrected chi connectivity index (χ0v) is 16.3. The second-order valence-electron chi connectivity index (χ2n) is 5.81. The molecule has 0 aromatic heterocycles. The normalized spacial score (nSPS) is 10.4. The van der Waals surface area contributed by atoms with Crippen molar-refractivity contribution in [3.63, 3.8) is 0 Å². The monoisotopic (exact) mass is 397 g/mol. The molecule has 0 spiro atoms. The average molecular weight is 398 g/mol. The van der Waals surface area contributed by atoms with Gasteiger partial charge >= 0.3 is 0 Å². The number of carbonyl (C=O) groups is 1. The summed E-state index contributed by atoms with van der Waals surface area (Å²) in [5, 5.41) is 12.5. The SMILES string of the molecule is N#CCCN(CCc1ccccc1)C(=S)NC(=O)/C=C/c1ccc(Cl)cc1. The van der Waals surface area contributed by atoms with Gasteiger partial charge in [0.25, 0.3) is 0 Å². The maximum Gasteiger partial charge on any atom is 0.250 e. The third-order valence-electron chi connectivity index (χ3n) is 3.82. The molecule has 27 heavy (non-hydrogen) atoms. The van der Waals surface area contributed by atoms with Crippen LogP contribution in [0.1, 0.15) is 17.5 Å². The number of thiocarbonyl (C=S) groups is 1. The van der Waals surface area contributed by atoms with Crippen molar-refractivity contribution in [2.24, 2.45) is 0 Å². The lowest BCUT2D eigenvalue weighted by molar-refractivity contribution is -0.115. The standard InChI is InChI=1S/C21H20ClN3OS/c22-19-10-7-18(8-11-19)9-12-20(26)24-21(27)25(15-4-14-23)16-13-17-5-2-1-3-6-17/h1-3,5-12H,4,13,15-16H2,(H,24,26,27)/b12-9+. The van der Waals surface area contributed by atoms with Crippen LogP contribution in [0.2, 0.25) is 5.02 Å². The number of amides is 1. The second-order valence-corrected chi connectivity index (χ2v) is 6.63. The molecule has 4 nitrogen and oxygen atoms in total. The molecule has 0 atom stereocenters. The molecule has 0 unspecified atom stereocenters.